The van der Waals surface area contributed by atoms with Crippen LogP contribution in [0.3, 0.4) is 0 Å². The van der Waals surface area contributed by atoms with Gasteiger partial charge in [0, 0.05) is 22.8 Å². The minimum atomic E-state index is 0.457. The number of halogens is 1. The fourth-order valence-electron chi connectivity index (χ4n) is 4.25. The molecule has 0 aliphatic carbocycles. The molecule has 0 spiro atoms. The molecule has 2 aromatic carbocycles. The Morgan fingerprint density at radius 1 is 1.00 bits per heavy atom. The van der Waals surface area contributed by atoms with Crippen molar-refractivity contribution >= 4 is 11.6 Å². The zero-order valence-corrected chi connectivity index (χ0v) is 19.9. The standard InChI is InChI=1S/C27H27ClN4O2/c1-19-5-2-10-25(29-19)26-30-27(34-31-26)22-7-4-9-24(16-22)33-18-20-11-13-32(14-12-20)17-21-6-3-8-23(28)15-21/h2-10,15-16,20H,11-14,17-18H2,1H3. The Bertz CT molecular complexity index is 1250. The molecule has 0 saturated carbocycles. The third kappa shape index (κ3) is 5.64. The smallest absolute Gasteiger partial charge is 0.258 e. The first-order valence-electron chi connectivity index (χ1n) is 11.6. The van der Waals surface area contributed by atoms with E-state index in [9.17, 15) is 0 Å². The summed E-state index contributed by atoms with van der Waals surface area (Å²) in [6.07, 6.45) is 2.24. The number of pyridine rings is 1. The third-order valence-electron chi connectivity index (χ3n) is 6.11. The highest BCUT2D eigenvalue weighted by Crippen LogP contribution is 2.26. The summed E-state index contributed by atoms with van der Waals surface area (Å²) in [5, 5.41) is 4.89. The predicted molar refractivity (Wildman–Crippen MR) is 133 cm³/mol. The number of rotatable bonds is 7. The van der Waals surface area contributed by atoms with E-state index in [2.05, 4.69) is 26.1 Å². The Morgan fingerprint density at radius 3 is 2.65 bits per heavy atom. The fraction of sp³-hybridized carbons (Fsp3) is 0.296. The van der Waals surface area contributed by atoms with Crippen LogP contribution in [0.1, 0.15) is 24.1 Å². The lowest BCUT2D eigenvalue weighted by Gasteiger charge is -2.31. The second-order valence-corrected chi connectivity index (χ2v) is 9.21. The highest BCUT2D eigenvalue weighted by atomic mass is 35.5. The SMILES string of the molecule is Cc1cccc(-c2noc(-c3cccc(OCC4CCN(Cc5cccc(Cl)c5)CC4)c3)n2)n1. The Kier molecular flexibility index (Phi) is 6.88. The van der Waals surface area contributed by atoms with Gasteiger partial charge in [0.2, 0.25) is 5.82 Å². The summed E-state index contributed by atoms with van der Waals surface area (Å²) in [6, 6.07) is 21.7. The largest absolute Gasteiger partial charge is 0.493 e. The summed E-state index contributed by atoms with van der Waals surface area (Å²) in [4.78, 5) is 11.5. The molecule has 1 saturated heterocycles. The van der Waals surface area contributed by atoms with Crippen LogP contribution in [0.25, 0.3) is 23.0 Å². The summed E-state index contributed by atoms with van der Waals surface area (Å²) in [6.45, 7) is 5.72. The molecule has 0 radical (unpaired) electrons. The third-order valence-corrected chi connectivity index (χ3v) is 6.35. The predicted octanol–water partition coefficient (Wildman–Crippen LogP) is 6.05. The van der Waals surface area contributed by atoms with Gasteiger partial charge in [-0.05, 0) is 86.8 Å². The van der Waals surface area contributed by atoms with Gasteiger partial charge in [0.1, 0.15) is 11.4 Å². The average molecular weight is 475 g/mol. The molecule has 0 bridgehead atoms. The van der Waals surface area contributed by atoms with Crippen molar-refractivity contribution in [1.29, 1.82) is 0 Å². The van der Waals surface area contributed by atoms with Crippen LogP contribution >= 0.6 is 11.6 Å². The first-order chi connectivity index (χ1) is 16.6. The fourth-order valence-corrected chi connectivity index (χ4v) is 4.46. The molecule has 6 nitrogen and oxygen atoms in total. The molecule has 0 atom stereocenters. The van der Waals surface area contributed by atoms with E-state index in [1.54, 1.807) is 0 Å². The van der Waals surface area contributed by atoms with E-state index in [4.69, 9.17) is 20.9 Å². The van der Waals surface area contributed by atoms with Crippen molar-refractivity contribution in [3.63, 3.8) is 0 Å². The lowest BCUT2D eigenvalue weighted by Crippen LogP contribution is -2.35. The molecule has 1 fully saturated rings. The summed E-state index contributed by atoms with van der Waals surface area (Å²) < 4.78 is 11.6. The van der Waals surface area contributed by atoms with Gasteiger partial charge in [-0.15, -0.1) is 0 Å². The Labute approximate surface area is 204 Å². The first kappa shape index (κ1) is 22.6. The summed E-state index contributed by atoms with van der Waals surface area (Å²) in [5.41, 5.74) is 3.71. The molecular formula is C27H27ClN4O2. The molecule has 0 unspecified atom stereocenters. The summed E-state index contributed by atoms with van der Waals surface area (Å²) in [5.74, 6) is 2.29. The van der Waals surface area contributed by atoms with E-state index in [1.165, 1.54) is 5.56 Å². The molecule has 174 valence electrons. The molecule has 34 heavy (non-hydrogen) atoms. The van der Waals surface area contributed by atoms with E-state index in [0.29, 0.717) is 29.9 Å². The van der Waals surface area contributed by atoms with Gasteiger partial charge in [0.05, 0.1) is 6.61 Å². The lowest BCUT2D eigenvalue weighted by molar-refractivity contribution is 0.137. The molecule has 5 rings (SSSR count). The van der Waals surface area contributed by atoms with Gasteiger partial charge >= 0.3 is 0 Å². The normalized spacial score (nSPS) is 14.9. The molecule has 0 amide bonds. The maximum absolute atomic E-state index is 6.15. The summed E-state index contributed by atoms with van der Waals surface area (Å²) in [7, 11) is 0. The van der Waals surface area contributed by atoms with Crippen molar-refractivity contribution in [2.45, 2.75) is 26.3 Å². The van der Waals surface area contributed by atoms with Crippen LogP contribution in [0, 0.1) is 12.8 Å². The van der Waals surface area contributed by atoms with E-state index >= 15 is 0 Å². The van der Waals surface area contributed by atoms with Crippen molar-refractivity contribution in [2.24, 2.45) is 5.92 Å². The highest BCUT2D eigenvalue weighted by Gasteiger charge is 2.20. The van der Waals surface area contributed by atoms with Crippen LogP contribution in [0.5, 0.6) is 5.75 Å². The van der Waals surface area contributed by atoms with Crippen molar-refractivity contribution in [2.75, 3.05) is 19.7 Å². The molecular weight excluding hydrogens is 448 g/mol. The number of nitrogens with zero attached hydrogens (tertiary/aromatic N) is 4. The quantitative estimate of drug-likeness (QED) is 0.325. The number of hydrogen-bond donors (Lipinski definition) is 0. The number of likely N-dealkylation sites (tertiary alicyclic amines) is 1. The Hall–Kier alpha value is -3.22. The van der Waals surface area contributed by atoms with Crippen molar-refractivity contribution < 1.29 is 9.26 Å². The Balaban J connectivity index is 1.15. The topological polar surface area (TPSA) is 64.3 Å². The van der Waals surface area contributed by atoms with Crippen molar-refractivity contribution in [3.05, 3.63) is 83.0 Å². The van der Waals surface area contributed by atoms with Gasteiger partial charge in [-0.2, -0.15) is 4.98 Å². The Morgan fingerprint density at radius 2 is 1.82 bits per heavy atom. The number of aryl methyl sites for hydroxylation is 1. The monoisotopic (exact) mass is 474 g/mol. The van der Waals surface area contributed by atoms with Crippen LogP contribution in [0.2, 0.25) is 5.02 Å². The second kappa shape index (κ2) is 10.4. The molecule has 4 aromatic rings. The second-order valence-electron chi connectivity index (χ2n) is 8.78. The zero-order valence-electron chi connectivity index (χ0n) is 19.2. The van der Waals surface area contributed by atoms with Crippen LogP contribution in [-0.2, 0) is 6.54 Å². The molecule has 1 aliphatic rings. The maximum Gasteiger partial charge on any atom is 0.258 e. The molecule has 1 aliphatic heterocycles. The molecule has 7 heteroatoms. The molecule has 0 N–H and O–H groups in total. The number of ether oxygens (including phenoxy) is 1. The number of hydrogen-bond acceptors (Lipinski definition) is 6. The van der Waals surface area contributed by atoms with Crippen LogP contribution in [-0.4, -0.2) is 39.7 Å². The highest BCUT2D eigenvalue weighted by molar-refractivity contribution is 6.30. The van der Waals surface area contributed by atoms with Crippen LogP contribution in [0.15, 0.2) is 71.3 Å². The zero-order chi connectivity index (χ0) is 23.3. The van der Waals surface area contributed by atoms with Gasteiger partial charge in [0.15, 0.2) is 0 Å². The lowest BCUT2D eigenvalue weighted by atomic mass is 9.97. The van der Waals surface area contributed by atoms with E-state index in [1.807, 2.05) is 67.6 Å². The first-order valence-corrected chi connectivity index (χ1v) is 12.0. The number of benzene rings is 2. The van der Waals surface area contributed by atoms with Crippen molar-refractivity contribution in [1.82, 2.24) is 20.0 Å². The van der Waals surface area contributed by atoms with Gasteiger partial charge in [-0.3, -0.25) is 4.90 Å². The molecule has 3 heterocycles. The number of piperidine rings is 1. The van der Waals surface area contributed by atoms with E-state index in [-0.39, 0.29) is 0 Å². The minimum Gasteiger partial charge on any atom is -0.493 e. The van der Waals surface area contributed by atoms with Gasteiger partial charge in [0.25, 0.3) is 5.89 Å². The van der Waals surface area contributed by atoms with E-state index < -0.39 is 0 Å². The average Bonchev–Trinajstić information content (AvgIpc) is 3.35. The van der Waals surface area contributed by atoms with Gasteiger partial charge in [-0.1, -0.05) is 41.0 Å². The minimum absolute atomic E-state index is 0.457. The van der Waals surface area contributed by atoms with Crippen LogP contribution in [0.4, 0.5) is 0 Å². The summed E-state index contributed by atoms with van der Waals surface area (Å²) >= 11 is 6.12. The molecule has 2 aromatic heterocycles. The maximum atomic E-state index is 6.15. The number of aromatic nitrogens is 3. The van der Waals surface area contributed by atoms with Gasteiger partial charge in [-0.25, -0.2) is 4.98 Å². The van der Waals surface area contributed by atoms with Gasteiger partial charge < -0.3 is 9.26 Å². The van der Waals surface area contributed by atoms with Crippen LogP contribution < -0.4 is 4.74 Å². The van der Waals surface area contributed by atoms with Crippen molar-refractivity contribution in [3.8, 4) is 28.7 Å². The van der Waals surface area contributed by atoms with E-state index in [0.717, 1.165) is 54.5 Å².